The topological polar surface area (TPSA) is 74.5 Å². The monoisotopic (exact) mass is 422 g/mol. The highest BCUT2D eigenvalue weighted by atomic mass is 32.2. The Bertz CT molecular complexity index is 796. The van der Waals surface area contributed by atoms with Gasteiger partial charge in [-0.25, -0.2) is 4.39 Å². The fourth-order valence-corrected chi connectivity index (χ4v) is 4.17. The number of carbonyl (C=O) groups excluding carboxylic acids is 1. The molecule has 0 radical (unpaired) electrons. The standard InChI is InChI=1S/C21H27FN2O4S/c1-13(2)17-9-4-14(3)10-18(17)27-20(25)12-29-21-24-23-19(28-21)11-26-16-7-5-15(22)6-8-16/h5-8,13-14,17-18H,4,9-12H2,1-3H3/t14-,17-,18+/m1/s1. The molecular weight excluding hydrogens is 395 g/mol. The molecule has 0 amide bonds. The number of esters is 1. The Kier molecular flexibility index (Phi) is 7.52. The van der Waals surface area contributed by atoms with Gasteiger partial charge >= 0.3 is 5.97 Å². The molecule has 1 aromatic heterocycles. The van der Waals surface area contributed by atoms with Crippen LogP contribution < -0.4 is 4.74 Å². The van der Waals surface area contributed by atoms with Crippen molar-refractivity contribution in [2.75, 3.05) is 5.75 Å². The van der Waals surface area contributed by atoms with Crippen molar-refractivity contribution in [2.45, 2.75) is 58.0 Å². The minimum absolute atomic E-state index is 0.0193. The highest BCUT2D eigenvalue weighted by molar-refractivity contribution is 7.99. The van der Waals surface area contributed by atoms with Gasteiger partial charge < -0.3 is 13.9 Å². The molecule has 2 aromatic rings. The van der Waals surface area contributed by atoms with Crippen molar-refractivity contribution >= 4 is 17.7 Å². The van der Waals surface area contributed by atoms with Gasteiger partial charge in [0.1, 0.15) is 23.4 Å². The van der Waals surface area contributed by atoms with Crippen molar-refractivity contribution in [2.24, 2.45) is 17.8 Å². The lowest BCUT2D eigenvalue weighted by molar-refractivity contribution is -0.152. The molecule has 8 heteroatoms. The van der Waals surface area contributed by atoms with Crippen LogP contribution in [0.5, 0.6) is 5.75 Å². The maximum atomic E-state index is 12.9. The second kappa shape index (κ2) is 10.1. The van der Waals surface area contributed by atoms with E-state index in [4.69, 9.17) is 13.9 Å². The van der Waals surface area contributed by atoms with E-state index >= 15 is 0 Å². The Morgan fingerprint density at radius 3 is 2.76 bits per heavy atom. The average Bonchev–Trinajstić information content (AvgIpc) is 3.14. The third-order valence-corrected chi connectivity index (χ3v) is 5.97. The van der Waals surface area contributed by atoms with E-state index in [1.54, 1.807) is 0 Å². The van der Waals surface area contributed by atoms with E-state index in [1.165, 1.54) is 30.7 Å². The van der Waals surface area contributed by atoms with E-state index in [0.29, 0.717) is 23.5 Å². The minimum Gasteiger partial charge on any atom is -0.484 e. The molecule has 3 rings (SSSR count). The number of halogens is 1. The molecule has 0 N–H and O–H groups in total. The largest absolute Gasteiger partial charge is 0.484 e. The summed E-state index contributed by atoms with van der Waals surface area (Å²) in [6.45, 7) is 6.65. The number of nitrogens with zero attached hydrogens (tertiary/aromatic N) is 2. The molecule has 29 heavy (non-hydrogen) atoms. The Hall–Kier alpha value is -2.09. The first-order chi connectivity index (χ1) is 13.9. The number of hydrogen-bond donors (Lipinski definition) is 0. The van der Waals surface area contributed by atoms with Gasteiger partial charge in [-0.1, -0.05) is 39.0 Å². The third-order valence-electron chi connectivity index (χ3n) is 5.18. The molecule has 1 saturated carbocycles. The van der Waals surface area contributed by atoms with Gasteiger partial charge in [0.2, 0.25) is 0 Å². The van der Waals surface area contributed by atoms with Crippen LogP contribution >= 0.6 is 11.8 Å². The van der Waals surface area contributed by atoms with Gasteiger partial charge in [0.05, 0.1) is 0 Å². The third kappa shape index (κ3) is 6.45. The van der Waals surface area contributed by atoms with Crippen molar-refractivity contribution in [3.8, 4) is 5.75 Å². The van der Waals surface area contributed by atoms with Crippen molar-refractivity contribution in [3.63, 3.8) is 0 Å². The predicted molar refractivity (Wildman–Crippen MR) is 107 cm³/mol. The maximum Gasteiger partial charge on any atom is 0.316 e. The number of rotatable bonds is 8. The Morgan fingerprint density at radius 2 is 2.03 bits per heavy atom. The minimum atomic E-state index is -0.330. The van der Waals surface area contributed by atoms with Crippen molar-refractivity contribution in [3.05, 3.63) is 36.0 Å². The lowest BCUT2D eigenvalue weighted by atomic mass is 9.75. The summed E-state index contributed by atoms with van der Waals surface area (Å²) in [5, 5.41) is 8.10. The van der Waals surface area contributed by atoms with Gasteiger partial charge in [0.25, 0.3) is 11.1 Å². The molecule has 1 aromatic carbocycles. The highest BCUT2D eigenvalue weighted by Crippen LogP contribution is 2.35. The van der Waals surface area contributed by atoms with Crippen LogP contribution in [0.2, 0.25) is 0 Å². The lowest BCUT2D eigenvalue weighted by Gasteiger charge is -2.36. The van der Waals surface area contributed by atoms with Gasteiger partial charge in [0.15, 0.2) is 6.61 Å². The number of carbonyl (C=O) groups is 1. The Morgan fingerprint density at radius 1 is 1.28 bits per heavy atom. The summed E-state index contributed by atoms with van der Waals surface area (Å²) in [7, 11) is 0. The fourth-order valence-electron chi connectivity index (χ4n) is 3.60. The number of ether oxygens (including phenoxy) is 2. The van der Waals surface area contributed by atoms with Crippen molar-refractivity contribution < 1.29 is 23.1 Å². The molecule has 6 nitrogen and oxygen atoms in total. The first kappa shape index (κ1) is 21.6. The molecular formula is C21H27FN2O4S. The van der Waals surface area contributed by atoms with Crippen molar-refractivity contribution in [1.82, 2.24) is 10.2 Å². The Balaban J connectivity index is 1.45. The van der Waals surface area contributed by atoms with E-state index in [1.807, 2.05) is 0 Å². The molecule has 158 valence electrons. The number of hydrogen-bond acceptors (Lipinski definition) is 7. The van der Waals surface area contributed by atoms with E-state index in [-0.39, 0.29) is 41.4 Å². The summed E-state index contributed by atoms with van der Waals surface area (Å²) in [5.41, 5.74) is 0. The highest BCUT2D eigenvalue weighted by Gasteiger charge is 2.33. The van der Waals surface area contributed by atoms with Gasteiger partial charge in [-0.05, 0) is 54.9 Å². The zero-order valence-corrected chi connectivity index (χ0v) is 17.8. The van der Waals surface area contributed by atoms with Crippen LogP contribution in [0.4, 0.5) is 4.39 Å². The maximum absolute atomic E-state index is 12.9. The smallest absolute Gasteiger partial charge is 0.316 e. The first-order valence-electron chi connectivity index (χ1n) is 9.93. The van der Waals surface area contributed by atoms with E-state index in [2.05, 4.69) is 31.0 Å². The van der Waals surface area contributed by atoms with Crippen LogP contribution in [0.1, 0.15) is 45.9 Å². The first-order valence-corrected chi connectivity index (χ1v) is 10.9. The van der Waals surface area contributed by atoms with Crippen molar-refractivity contribution in [1.29, 1.82) is 0 Å². The molecule has 0 spiro atoms. The number of thioether (sulfide) groups is 1. The van der Waals surface area contributed by atoms with Gasteiger partial charge in [-0.3, -0.25) is 4.79 Å². The van der Waals surface area contributed by atoms with Crippen LogP contribution in [0.25, 0.3) is 0 Å². The quantitative estimate of drug-likeness (QED) is 0.443. The zero-order valence-electron chi connectivity index (χ0n) is 17.0. The van der Waals surface area contributed by atoms with Crippen LogP contribution in [-0.4, -0.2) is 28.0 Å². The van der Waals surface area contributed by atoms with Crippen LogP contribution in [0.15, 0.2) is 33.9 Å². The molecule has 1 heterocycles. The van der Waals surface area contributed by atoms with Gasteiger partial charge in [-0.15, -0.1) is 10.2 Å². The van der Waals surface area contributed by atoms with Crippen LogP contribution in [-0.2, 0) is 16.1 Å². The molecule has 0 aliphatic heterocycles. The van der Waals surface area contributed by atoms with E-state index < -0.39 is 0 Å². The molecule has 1 aliphatic rings. The average molecular weight is 423 g/mol. The second-order valence-corrected chi connectivity index (χ2v) is 8.77. The summed E-state index contributed by atoms with van der Waals surface area (Å²) in [4.78, 5) is 12.3. The van der Waals surface area contributed by atoms with E-state index in [0.717, 1.165) is 24.6 Å². The summed E-state index contributed by atoms with van der Waals surface area (Å²) in [5.74, 6) is 1.80. The fraction of sp³-hybridized carbons (Fsp3) is 0.571. The number of aromatic nitrogens is 2. The van der Waals surface area contributed by atoms with Gasteiger partial charge in [0, 0.05) is 0 Å². The summed E-state index contributed by atoms with van der Waals surface area (Å²) in [6.07, 6.45) is 3.20. The van der Waals surface area contributed by atoms with E-state index in [9.17, 15) is 9.18 Å². The molecule has 0 bridgehead atoms. The molecule has 1 aliphatic carbocycles. The van der Waals surface area contributed by atoms with Gasteiger partial charge in [-0.2, -0.15) is 0 Å². The van der Waals surface area contributed by atoms with Crippen LogP contribution in [0.3, 0.4) is 0 Å². The summed E-state index contributed by atoms with van der Waals surface area (Å²) >= 11 is 1.15. The normalized spacial score (nSPS) is 21.9. The Labute approximate surface area is 174 Å². The zero-order chi connectivity index (χ0) is 20.8. The predicted octanol–water partition coefficient (Wildman–Crippen LogP) is 4.88. The molecule has 0 unspecified atom stereocenters. The SMILES string of the molecule is CC(C)[C@H]1CC[C@@H](C)C[C@@H]1OC(=O)CSc1nnc(COc2ccc(F)cc2)o1. The molecule has 3 atom stereocenters. The molecule has 1 fully saturated rings. The number of benzene rings is 1. The second-order valence-electron chi connectivity index (χ2n) is 7.85. The molecule has 0 saturated heterocycles. The summed E-state index contributed by atoms with van der Waals surface area (Å²) < 4.78 is 29.6. The van der Waals surface area contributed by atoms with Crippen LogP contribution in [0, 0.1) is 23.6 Å². The lowest BCUT2D eigenvalue weighted by Crippen LogP contribution is -2.36. The summed E-state index contributed by atoms with van der Waals surface area (Å²) in [6, 6.07) is 5.67.